The van der Waals surface area contributed by atoms with Crippen molar-refractivity contribution in [3.05, 3.63) is 0 Å². The quantitative estimate of drug-likeness (QED) is 0.569. The van der Waals surface area contributed by atoms with Crippen molar-refractivity contribution in [2.45, 2.75) is 67.2 Å². The minimum absolute atomic E-state index is 0.0213. The number of unbranched alkanes of at least 4 members (excludes halogenated alkanes) is 2. The molecular formula is C21H37N3O3. The van der Waals surface area contributed by atoms with Gasteiger partial charge in [-0.2, -0.15) is 0 Å². The maximum Gasteiger partial charge on any atom is 0.317 e. The highest BCUT2D eigenvalue weighted by atomic mass is 16.2. The molecule has 6 heteroatoms. The topological polar surface area (TPSA) is 69.7 Å². The van der Waals surface area contributed by atoms with Gasteiger partial charge in [-0.25, -0.2) is 4.79 Å². The van der Waals surface area contributed by atoms with E-state index in [1.807, 2.05) is 25.7 Å². The van der Waals surface area contributed by atoms with Crippen LogP contribution in [0.25, 0.3) is 0 Å². The van der Waals surface area contributed by atoms with Crippen LogP contribution in [0.3, 0.4) is 0 Å². The van der Waals surface area contributed by atoms with Gasteiger partial charge in [0.1, 0.15) is 0 Å². The molecule has 2 saturated heterocycles. The van der Waals surface area contributed by atoms with Gasteiger partial charge in [-0.05, 0) is 36.0 Å². The van der Waals surface area contributed by atoms with Crippen molar-refractivity contribution >= 4 is 17.8 Å². The first-order chi connectivity index (χ1) is 12.4. The monoisotopic (exact) mass is 379 g/mol. The molecule has 2 rings (SSSR count). The Bertz CT molecular complexity index is 568. The predicted molar refractivity (Wildman–Crippen MR) is 106 cm³/mol. The van der Waals surface area contributed by atoms with Gasteiger partial charge >= 0.3 is 6.03 Å². The summed E-state index contributed by atoms with van der Waals surface area (Å²) in [6.45, 7) is 15.5. The summed E-state index contributed by atoms with van der Waals surface area (Å²) in [7, 11) is 0. The van der Waals surface area contributed by atoms with Gasteiger partial charge in [0.2, 0.25) is 11.8 Å². The zero-order chi connectivity index (χ0) is 20.4. The molecule has 0 aliphatic carbocycles. The average Bonchev–Trinajstić information content (AvgIpc) is 2.75. The van der Waals surface area contributed by atoms with Crippen LogP contribution in [0.1, 0.15) is 67.2 Å². The van der Waals surface area contributed by atoms with Crippen molar-refractivity contribution in [3.63, 3.8) is 0 Å². The maximum atomic E-state index is 12.4. The minimum Gasteiger partial charge on any atom is -0.338 e. The highest BCUT2D eigenvalue weighted by Crippen LogP contribution is 2.35. The molecule has 2 fully saturated rings. The molecule has 0 radical (unpaired) electrons. The Hall–Kier alpha value is -1.59. The molecule has 27 heavy (non-hydrogen) atoms. The molecule has 0 aromatic heterocycles. The van der Waals surface area contributed by atoms with E-state index in [4.69, 9.17) is 0 Å². The lowest BCUT2D eigenvalue weighted by atomic mass is 9.76. The molecule has 0 saturated carbocycles. The van der Waals surface area contributed by atoms with Crippen LogP contribution in [-0.4, -0.2) is 53.8 Å². The Labute approximate surface area is 164 Å². The van der Waals surface area contributed by atoms with E-state index in [-0.39, 0.29) is 34.6 Å². The molecule has 4 amide bonds. The van der Waals surface area contributed by atoms with Gasteiger partial charge in [-0.3, -0.25) is 14.5 Å². The van der Waals surface area contributed by atoms with Crippen LogP contribution in [0, 0.1) is 22.7 Å². The van der Waals surface area contributed by atoms with Crippen LogP contribution in [0.4, 0.5) is 4.79 Å². The summed E-state index contributed by atoms with van der Waals surface area (Å²) in [4.78, 5) is 39.9. The standard InChI is InChI=1S/C21H37N3O3/c1-20(2,3)15-13-23(14-15)19(27)22-10-8-7-9-11-24-17(25)12-16(18(24)26)21(4,5)6/h15-16H,7-14H2,1-6H3,(H,22,27). The van der Waals surface area contributed by atoms with Gasteiger partial charge in [-0.15, -0.1) is 0 Å². The van der Waals surface area contributed by atoms with Gasteiger partial charge in [0.15, 0.2) is 0 Å². The maximum absolute atomic E-state index is 12.4. The normalized spacial score (nSPS) is 21.6. The second-order valence-corrected chi connectivity index (χ2v) is 10.3. The lowest BCUT2D eigenvalue weighted by Gasteiger charge is -2.46. The molecule has 0 spiro atoms. The zero-order valence-electron chi connectivity index (χ0n) is 17.9. The van der Waals surface area contributed by atoms with Crippen LogP contribution < -0.4 is 5.32 Å². The van der Waals surface area contributed by atoms with E-state index in [9.17, 15) is 14.4 Å². The van der Waals surface area contributed by atoms with Crippen molar-refractivity contribution in [2.75, 3.05) is 26.2 Å². The van der Waals surface area contributed by atoms with Gasteiger partial charge in [0, 0.05) is 32.6 Å². The molecule has 0 aromatic rings. The van der Waals surface area contributed by atoms with Crippen molar-refractivity contribution in [1.29, 1.82) is 0 Å². The second-order valence-electron chi connectivity index (χ2n) is 10.3. The van der Waals surface area contributed by atoms with Crippen molar-refractivity contribution in [2.24, 2.45) is 22.7 Å². The Balaban J connectivity index is 1.58. The number of amides is 4. The number of nitrogens with one attached hydrogen (secondary N) is 1. The van der Waals surface area contributed by atoms with E-state index in [0.717, 1.165) is 32.4 Å². The number of carbonyl (C=O) groups excluding carboxylic acids is 3. The highest BCUT2D eigenvalue weighted by molar-refractivity contribution is 6.03. The van der Waals surface area contributed by atoms with E-state index in [2.05, 4.69) is 26.1 Å². The van der Waals surface area contributed by atoms with E-state index < -0.39 is 0 Å². The summed E-state index contributed by atoms with van der Waals surface area (Å²) in [5.74, 6) is 0.319. The summed E-state index contributed by atoms with van der Waals surface area (Å²) < 4.78 is 0. The van der Waals surface area contributed by atoms with Crippen molar-refractivity contribution in [3.8, 4) is 0 Å². The zero-order valence-corrected chi connectivity index (χ0v) is 17.9. The Morgan fingerprint density at radius 3 is 2.15 bits per heavy atom. The summed E-state index contributed by atoms with van der Waals surface area (Å²) in [6, 6.07) is 0.0217. The number of carbonyl (C=O) groups is 3. The van der Waals surface area contributed by atoms with Gasteiger partial charge in [0.05, 0.1) is 5.92 Å². The third kappa shape index (κ3) is 5.45. The smallest absolute Gasteiger partial charge is 0.317 e. The SMILES string of the molecule is CC(C)(C)C1CN(C(=O)NCCCCCN2C(=O)CC(C(C)(C)C)C2=O)C1. The van der Waals surface area contributed by atoms with Gasteiger partial charge in [0.25, 0.3) is 0 Å². The van der Waals surface area contributed by atoms with Crippen molar-refractivity contribution in [1.82, 2.24) is 15.1 Å². The lowest BCUT2D eigenvalue weighted by Crippen LogP contribution is -2.57. The van der Waals surface area contributed by atoms with Crippen LogP contribution in [0.2, 0.25) is 0 Å². The summed E-state index contributed by atoms with van der Waals surface area (Å²) in [6.07, 6.45) is 2.88. The number of nitrogens with zero attached hydrogens (tertiary/aromatic N) is 2. The number of hydrogen-bond donors (Lipinski definition) is 1. The predicted octanol–water partition coefficient (Wildman–Crippen LogP) is 3.27. The molecule has 0 bridgehead atoms. The molecule has 2 heterocycles. The van der Waals surface area contributed by atoms with E-state index >= 15 is 0 Å². The molecule has 154 valence electrons. The fourth-order valence-corrected chi connectivity index (χ4v) is 3.67. The van der Waals surface area contributed by atoms with Gasteiger partial charge in [-0.1, -0.05) is 41.5 Å². The highest BCUT2D eigenvalue weighted by Gasteiger charge is 2.44. The Morgan fingerprint density at radius 2 is 1.63 bits per heavy atom. The number of imide groups is 1. The van der Waals surface area contributed by atoms with Crippen LogP contribution in [0.5, 0.6) is 0 Å². The molecule has 2 aliphatic heterocycles. The number of hydrogen-bond acceptors (Lipinski definition) is 3. The van der Waals surface area contributed by atoms with Crippen LogP contribution in [0.15, 0.2) is 0 Å². The fourth-order valence-electron chi connectivity index (χ4n) is 3.67. The molecule has 1 atom stereocenters. The first-order valence-electron chi connectivity index (χ1n) is 10.3. The molecule has 1 unspecified atom stereocenters. The first kappa shape index (κ1) is 21.7. The molecular weight excluding hydrogens is 342 g/mol. The second kappa shape index (κ2) is 8.19. The molecule has 0 aromatic carbocycles. The Morgan fingerprint density at radius 1 is 1.00 bits per heavy atom. The third-order valence-corrected chi connectivity index (χ3v) is 6.02. The molecule has 2 aliphatic rings. The lowest BCUT2D eigenvalue weighted by molar-refractivity contribution is -0.140. The van der Waals surface area contributed by atoms with E-state index in [1.54, 1.807) is 0 Å². The molecule has 6 nitrogen and oxygen atoms in total. The Kier molecular flexibility index (Phi) is 6.59. The third-order valence-electron chi connectivity index (χ3n) is 6.02. The minimum atomic E-state index is -0.197. The van der Waals surface area contributed by atoms with Crippen LogP contribution >= 0.6 is 0 Å². The summed E-state index contributed by atoms with van der Waals surface area (Å²) in [5, 5.41) is 2.97. The van der Waals surface area contributed by atoms with Gasteiger partial charge < -0.3 is 10.2 Å². The largest absolute Gasteiger partial charge is 0.338 e. The first-order valence-corrected chi connectivity index (χ1v) is 10.3. The number of likely N-dealkylation sites (tertiary alicyclic amines) is 2. The van der Waals surface area contributed by atoms with E-state index in [1.165, 1.54) is 4.90 Å². The fraction of sp³-hybridized carbons (Fsp3) is 0.857. The summed E-state index contributed by atoms with van der Waals surface area (Å²) >= 11 is 0. The summed E-state index contributed by atoms with van der Waals surface area (Å²) in [5.41, 5.74) is 0.0852. The van der Waals surface area contributed by atoms with E-state index in [0.29, 0.717) is 25.4 Å². The van der Waals surface area contributed by atoms with Crippen molar-refractivity contribution < 1.29 is 14.4 Å². The number of rotatable bonds is 6. The van der Waals surface area contributed by atoms with Crippen LogP contribution in [-0.2, 0) is 9.59 Å². The average molecular weight is 380 g/mol. The molecule has 1 N–H and O–H groups in total. The number of urea groups is 1.